The third-order valence-corrected chi connectivity index (χ3v) is 8.64. The van der Waals surface area contributed by atoms with Gasteiger partial charge in [0.05, 0.1) is 4.90 Å². The second-order valence-corrected chi connectivity index (χ2v) is 10.5. The minimum atomic E-state index is -3.86. The smallest absolute Gasteiger partial charge is 0.217 e. The van der Waals surface area contributed by atoms with Crippen LogP contribution in [-0.2, 0) is 19.1 Å². The molecule has 1 aliphatic rings. The first kappa shape index (κ1) is 22.9. The molecule has 2 unspecified atom stereocenters. The molecule has 0 heterocycles. The van der Waals surface area contributed by atoms with Gasteiger partial charge in [-0.1, -0.05) is 91.0 Å². The van der Waals surface area contributed by atoms with Gasteiger partial charge in [0.1, 0.15) is 4.75 Å². The van der Waals surface area contributed by atoms with Gasteiger partial charge in [0.25, 0.3) is 0 Å². The van der Waals surface area contributed by atoms with Gasteiger partial charge in [-0.2, -0.15) is 0 Å². The molecule has 160 valence electrons. The zero-order chi connectivity index (χ0) is 21.2. The zero-order valence-corrected chi connectivity index (χ0v) is 18.4. The standard InChI is InChI=1S/C24H21O4PS.H2O/c25-29(26)20-15-17-24(18-16-20,30(27,28)21-11-5-2-6-12-21)23-14-8-7-13-22(23)19-9-3-1-4-10-19;/h1-17,29H,18H2,(H,25,26);1H2. The summed E-state index contributed by atoms with van der Waals surface area (Å²) in [7, 11) is -6.77. The van der Waals surface area contributed by atoms with E-state index < -0.39 is 22.6 Å². The molecule has 0 fully saturated rings. The van der Waals surface area contributed by atoms with Crippen LogP contribution in [0.1, 0.15) is 12.0 Å². The number of rotatable bonds is 5. The second kappa shape index (κ2) is 9.16. The highest BCUT2D eigenvalue weighted by atomic mass is 32.2. The molecular weight excluding hydrogens is 431 g/mol. The Balaban J connectivity index is 0.00000272. The van der Waals surface area contributed by atoms with Crippen molar-refractivity contribution in [3.63, 3.8) is 0 Å². The Hall–Kier alpha value is -2.76. The molecule has 3 N–H and O–H groups in total. The van der Waals surface area contributed by atoms with Crippen molar-refractivity contribution in [1.82, 2.24) is 0 Å². The van der Waals surface area contributed by atoms with Crippen LogP contribution in [0.25, 0.3) is 11.1 Å². The number of sulfone groups is 1. The first-order valence-corrected chi connectivity index (χ1v) is 12.4. The van der Waals surface area contributed by atoms with Gasteiger partial charge < -0.3 is 10.4 Å². The molecule has 0 amide bonds. The molecule has 0 radical (unpaired) electrons. The van der Waals surface area contributed by atoms with Crippen LogP contribution in [0.3, 0.4) is 0 Å². The van der Waals surface area contributed by atoms with Gasteiger partial charge >= 0.3 is 0 Å². The predicted molar refractivity (Wildman–Crippen MR) is 124 cm³/mol. The molecule has 0 bridgehead atoms. The third-order valence-electron chi connectivity index (χ3n) is 5.41. The van der Waals surface area contributed by atoms with Gasteiger partial charge in [-0.3, -0.25) is 4.57 Å². The van der Waals surface area contributed by atoms with E-state index in [-0.39, 0.29) is 22.1 Å². The summed E-state index contributed by atoms with van der Waals surface area (Å²) in [5.41, 5.74) is 2.37. The van der Waals surface area contributed by atoms with E-state index in [1.807, 2.05) is 54.6 Å². The molecule has 0 saturated heterocycles. The maximum absolute atomic E-state index is 14.0. The minimum absolute atomic E-state index is 0. The van der Waals surface area contributed by atoms with Crippen molar-refractivity contribution >= 4 is 17.9 Å². The highest BCUT2D eigenvalue weighted by Gasteiger charge is 2.46. The maximum atomic E-state index is 14.0. The summed E-state index contributed by atoms with van der Waals surface area (Å²) >= 11 is 0. The number of benzene rings is 3. The first-order chi connectivity index (χ1) is 14.5. The van der Waals surface area contributed by atoms with Crippen molar-refractivity contribution in [2.75, 3.05) is 0 Å². The second-order valence-electron chi connectivity index (χ2n) is 7.12. The average Bonchev–Trinajstić information content (AvgIpc) is 2.80. The molecule has 31 heavy (non-hydrogen) atoms. The van der Waals surface area contributed by atoms with Crippen LogP contribution in [0.4, 0.5) is 0 Å². The lowest BCUT2D eigenvalue weighted by Crippen LogP contribution is -2.35. The summed E-state index contributed by atoms with van der Waals surface area (Å²) in [6.07, 6.45) is 4.71. The van der Waals surface area contributed by atoms with Gasteiger partial charge in [0, 0.05) is 5.31 Å². The van der Waals surface area contributed by atoms with Gasteiger partial charge in [0.15, 0.2) is 9.84 Å². The Morgan fingerprint density at radius 1 is 0.839 bits per heavy atom. The van der Waals surface area contributed by atoms with Crippen LogP contribution in [-0.4, -0.2) is 18.8 Å². The Kier molecular flexibility index (Phi) is 6.77. The quantitative estimate of drug-likeness (QED) is 0.573. The van der Waals surface area contributed by atoms with E-state index in [9.17, 15) is 17.9 Å². The first-order valence-electron chi connectivity index (χ1n) is 9.53. The number of hydrogen-bond acceptors (Lipinski definition) is 3. The molecule has 0 spiro atoms. The van der Waals surface area contributed by atoms with Gasteiger partial charge in [0.2, 0.25) is 8.03 Å². The molecule has 5 nitrogen and oxygen atoms in total. The summed E-state index contributed by atoms with van der Waals surface area (Å²) in [5, 5.41) is 0.274. The minimum Gasteiger partial charge on any atom is -0.412 e. The Morgan fingerprint density at radius 2 is 1.42 bits per heavy atom. The lowest BCUT2D eigenvalue weighted by molar-refractivity contribution is 0.509. The molecule has 0 saturated carbocycles. The van der Waals surface area contributed by atoms with Crippen molar-refractivity contribution in [3.05, 3.63) is 114 Å². The van der Waals surface area contributed by atoms with Crippen molar-refractivity contribution in [2.24, 2.45) is 0 Å². The SMILES string of the molecule is O.O=[PH](O)C1=CCC(c2ccccc2-c2ccccc2)(S(=O)(=O)c2ccccc2)C=C1. The summed E-state index contributed by atoms with van der Waals surface area (Å²) < 4.78 is 38.2. The summed E-state index contributed by atoms with van der Waals surface area (Å²) in [4.78, 5) is 9.76. The van der Waals surface area contributed by atoms with Crippen LogP contribution in [0.15, 0.2) is 113 Å². The van der Waals surface area contributed by atoms with E-state index in [0.29, 0.717) is 5.56 Å². The fourth-order valence-electron chi connectivity index (χ4n) is 3.86. The molecular formula is C24H23O5PS. The van der Waals surface area contributed by atoms with Gasteiger partial charge in [-0.25, -0.2) is 8.42 Å². The molecule has 4 rings (SSSR count). The van der Waals surface area contributed by atoms with Crippen LogP contribution in [0.2, 0.25) is 0 Å². The van der Waals surface area contributed by atoms with Gasteiger partial charge in [-0.05, 0) is 35.2 Å². The number of hydrogen-bond donors (Lipinski definition) is 1. The van der Waals surface area contributed by atoms with E-state index in [0.717, 1.165) is 11.1 Å². The van der Waals surface area contributed by atoms with Crippen molar-refractivity contribution < 1.29 is 23.4 Å². The van der Waals surface area contributed by atoms with Gasteiger partial charge in [-0.15, -0.1) is 0 Å². The molecule has 2 atom stereocenters. The van der Waals surface area contributed by atoms with E-state index in [1.165, 1.54) is 6.08 Å². The normalized spacial score (nSPS) is 19.2. The Labute approximate surface area is 182 Å². The Morgan fingerprint density at radius 3 is 2.00 bits per heavy atom. The molecule has 0 aromatic heterocycles. The van der Waals surface area contributed by atoms with Crippen LogP contribution in [0, 0.1) is 0 Å². The topological polar surface area (TPSA) is 103 Å². The lowest BCUT2D eigenvalue weighted by atomic mass is 9.85. The van der Waals surface area contributed by atoms with Crippen molar-refractivity contribution in [1.29, 1.82) is 0 Å². The van der Waals surface area contributed by atoms with E-state index in [1.54, 1.807) is 42.5 Å². The maximum Gasteiger partial charge on any atom is 0.217 e. The van der Waals surface area contributed by atoms with Crippen molar-refractivity contribution in [3.8, 4) is 11.1 Å². The highest BCUT2D eigenvalue weighted by molar-refractivity contribution is 7.92. The highest BCUT2D eigenvalue weighted by Crippen LogP contribution is 2.48. The zero-order valence-electron chi connectivity index (χ0n) is 16.6. The lowest BCUT2D eigenvalue weighted by Gasteiger charge is -2.34. The average molecular weight is 454 g/mol. The fraction of sp³-hybridized carbons (Fsp3) is 0.0833. The molecule has 7 heteroatoms. The van der Waals surface area contributed by atoms with E-state index in [4.69, 9.17) is 0 Å². The van der Waals surface area contributed by atoms with Crippen LogP contribution < -0.4 is 0 Å². The predicted octanol–water partition coefficient (Wildman–Crippen LogP) is 4.51. The monoisotopic (exact) mass is 454 g/mol. The fourth-order valence-corrected chi connectivity index (χ4v) is 6.31. The summed E-state index contributed by atoms with van der Waals surface area (Å²) in [6.45, 7) is 0. The summed E-state index contributed by atoms with van der Waals surface area (Å²) in [5.74, 6) is 0. The molecule has 3 aromatic rings. The van der Waals surface area contributed by atoms with E-state index >= 15 is 0 Å². The van der Waals surface area contributed by atoms with Crippen LogP contribution >= 0.6 is 8.03 Å². The van der Waals surface area contributed by atoms with Crippen molar-refractivity contribution in [2.45, 2.75) is 16.1 Å². The van der Waals surface area contributed by atoms with Crippen LogP contribution in [0.5, 0.6) is 0 Å². The molecule has 1 aliphatic carbocycles. The molecule has 3 aromatic carbocycles. The third kappa shape index (κ3) is 4.08. The number of allylic oxidation sites excluding steroid dienone is 3. The van der Waals surface area contributed by atoms with E-state index in [2.05, 4.69) is 0 Å². The summed E-state index contributed by atoms with van der Waals surface area (Å²) in [6, 6.07) is 25.4. The Bertz CT molecular complexity index is 1250. The molecule has 0 aliphatic heterocycles. The largest absolute Gasteiger partial charge is 0.412 e.